The Balaban J connectivity index is 1.92. The molecule has 0 unspecified atom stereocenters. The van der Waals surface area contributed by atoms with Crippen LogP contribution in [0, 0.1) is 0 Å². The van der Waals surface area contributed by atoms with E-state index < -0.39 is 0 Å². The van der Waals surface area contributed by atoms with E-state index in [1.54, 1.807) is 0 Å². The molecule has 0 saturated heterocycles. The van der Waals surface area contributed by atoms with Crippen LogP contribution in [0.25, 0.3) is 0 Å². The third kappa shape index (κ3) is 1.56. The highest BCUT2D eigenvalue weighted by Gasteiger charge is 2.37. The highest BCUT2D eigenvalue weighted by molar-refractivity contribution is 5.09. The average Bonchev–Trinajstić information content (AvgIpc) is 2.98. The lowest BCUT2D eigenvalue weighted by Crippen LogP contribution is -2.37. The van der Waals surface area contributed by atoms with Crippen LogP contribution >= 0.6 is 0 Å². The fourth-order valence-electron chi connectivity index (χ4n) is 3.28. The van der Waals surface area contributed by atoms with Gasteiger partial charge in [0, 0.05) is 6.04 Å². The Morgan fingerprint density at radius 3 is 2.56 bits per heavy atom. The van der Waals surface area contributed by atoms with Crippen molar-refractivity contribution in [3.8, 4) is 0 Å². The maximum atomic E-state index is 6.47. The summed E-state index contributed by atoms with van der Waals surface area (Å²) in [5, 5.41) is 8.39. The molecule has 2 aliphatic carbocycles. The first-order valence-corrected chi connectivity index (χ1v) is 6.48. The molecular formula is C12H20N4. The Kier molecular flexibility index (Phi) is 2.46. The van der Waals surface area contributed by atoms with Crippen molar-refractivity contribution in [2.45, 2.75) is 62.9 Å². The van der Waals surface area contributed by atoms with E-state index in [1.807, 2.05) is 6.33 Å². The summed E-state index contributed by atoms with van der Waals surface area (Å²) >= 11 is 0. The lowest BCUT2D eigenvalue weighted by Gasteiger charge is -2.25. The van der Waals surface area contributed by atoms with Crippen LogP contribution < -0.4 is 5.73 Å². The molecule has 4 heteroatoms. The molecule has 0 amide bonds. The SMILES string of the molecule is NC1(c2nncn2C2CCCC2)CCCC1. The normalized spacial score (nSPS) is 25.3. The molecule has 0 aliphatic heterocycles. The minimum Gasteiger partial charge on any atom is -0.319 e. The molecule has 2 fully saturated rings. The van der Waals surface area contributed by atoms with Crippen molar-refractivity contribution in [1.82, 2.24) is 14.8 Å². The Bertz CT molecular complexity index is 359. The molecule has 0 radical (unpaired) electrons. The van der Waals surface area contributed by atoms with Crippen molar-refractivity contribution in [2.24, 2.45) is 5.73 Å². The zero-order valence-electron chi connectivity index (χ0n) is 9.73. The largest absolute Gasteiger partial charge is 0.319 e. The third-order valence-electron chi connectivity index (χ3n) is 4.23. The highest BCUT2D eigenvalue weighted by Crippen LogP contribution is 2.38. The van der Waals surface area contributed by atoms with Crippen LogP contribution in [0.2, 0.25) is 0 Å². The molecular weight excluding hydrogens is 200 g/mol. The molecule has 16 heavy (non-hydrogen) atoms. The summed E-state index contributed by atoms with van der Waals surface area (Å²) in [6, 6.07) is 0.603. The van der Waals surface area contributed by atoms with E-state index in [4.69, 9.17) is 5.73 Å². The van der Waals surface area contributed by atoms with E-state index in [0.29, 0.717) is 6.04 Å². The second-order valence-corrected chi connectivity index (χ2v) is 5.36. The third-order valence-corrected chi connectivity index (χ3v) is 4.23. The van der Waals surface area contributed by atoms with Gasteiger partial charge in [0.2, 0.25) is 0 Å². The highest BCUT2D eigenvalue weighted by atomic mass is 15.3. The van der Waals surface area contributed by atoms with Crippen molar-refractivity contribution in [1.29, 1.82) is 0 Å². The standard InChI is InChI=1S/C12H20N4/c13-12(7-3-4-8-12)11-15-14-9-16(11)10-5-1-2-6-10/h9-10H,1-8,13H2. The first-order valence-electron chi connectivity index (χ1n) is 6.48. The molecule has 0 bridgehead atoms. The van der Waals surface area contributed by atoms with E-state index >= 15 is 0 Å². The summed E-state index contributed by atoms with van der Waals surface area (Å²) in [7, 11) is 0. The molecule has 2 aliphatic rings. The number of aromatic nitrogens is 3. The Morgan fingerprint density at radius 1 is 1.19 bits per heavy atom. The van der Waals surface area contributed by atoms with E-state index in [-0.39, 0.29) is 5.54 Å². The molecule has 4 nitrogen and oxygen atoms in total. The molecule has 0 spiro atoms. The second-order valence-electron chi connectivity index (χ2n) is 5.36. The molecule has 3 rings (SSSR count). The van der Waals surface area contributed by atoms with Crippen LogP contribution in [0.5, 0.6) is 0 Å². The van der Waals surface area contributed by atoms with Gasteiger partial charge in [-0.3, -0.25) is 0 Å². The average molecular weight is 220 g/mol. The lowest BCUT2D eigenvalue weighted by molar-refractivity contribution is 0.379. The number of nitrogens with two attached hydrogens (primary N) is 1. The summed E-state index contributed by atoms with van der Waals surface area (Å²) in [5.41, 5.74) is 6.27. The first-order chi connectivity index (χ1) is 7.80. The van der Waals surface area contributed by atoms with Gasteiger partial charge in [-0.25, -0.2) is 0 Å². The molecule has 2 saturated carbocycles. The van der Waals surface area contributed by atoms with Crippen molar-refractivity contribution < 1.29 is 0 Å². The number of hydrogen-bond acceptors (Lipinski definition) is 3. The van der Waals surface area contributed by atoms with Crippen LogP contribution in [0.4, 0.5) is 0 Å². The summed E-state index contributed by atoms with van der Waals surface area (Å²) in [6.45, 7) is 0. The van der Waals surface area contributed by atoms with E-state index in [1.165, 1.54) is 38.5 Å². The summed E-state index contributed by atoms with van der Waals surface area (Å²) < 4.78 is 2.26. The first kappa shape index (κ1) is 10.3. The summed E-state index contributed by atoms with van der Waals surface area (Å²) in [4.78, 5) is 0. The smallest absolute Gasteiger partial charge is 0.153 e. The monoisotopic (exact) mass is 220 g/mol. The second kappa shape index (κ2) is 3.84. The van der Waals surface area contributed by atoms with Crippen molar-refractivity contribution in [3.63, 3.8) is 0 Å². The van der Waals surface area contributed by atoms with Crippen LogP contribution in [0.3, 0.4) is 0 Å². The van der Waals surface area contributed by atoms with Crippen molar-refractivity contribution in [2.75, 3.05) is 0 Å². The minimum absolute atomic E-state index is 0.195. The molecule has 0 aromatic carbocycles. The van der Waals surface area contributed by atoms with Gasteiger partial charge in [0.05, 0.1) is 5.54 Å². The fraction of sp³-hybridized carbons (Fsp3) is 0.833. The predicted molar refractivity (Wildman–Crippen MR) is 61.9 cm³/mol. The van der Waals surface area contributed by atoms with Crippen LogP contribution in [-0.4, -0.2) is 14.8 Å². The van der Waals surface area contributed by atoms with Crippen LogP contribution in [0.15, 0.2) is 6.33 Å². The molecule has 1 heterocycles. The topological polar surface area (TPSA) is 56.7 Å². The minimum atomic E-state index is -0.195. The van der Waals surface area contributed by atoms with Gasteiger partial charge >= 0.3 is 0 Å². The Morgan fingerprint density at radius 2 is 1.88 bits per heavy atom. The molecule has 2 N–H and O–H groups in total. The Hall–Kier alpha value is -0.900. The summed E-state index contributed by atoms with van der Waals surface area (Å²) in [6.07, 6.45) is 11.7. The number of hydrogen-bond donors (Lipinski definition) is 1. The van der Waals surface area contributed by atoms with Crippen LogP contribution in [-0.2, 0) is 5.54 Å². The zero-order chi connectivity index (χ0) is 11.0. The maximum absolute atomic E-state index is 6.47. The van der Waals surface area contributed by atoms with Gasteiger partial charge in [0.15, 0.2) is 5.82 Å². The number of rotatable bonds is 2. The maximum Gasteiger partial charge on any atom is 0.153 e. The number of nitrogens with zero attached hydrogens (tertiary/aromatic N) is 3. The van der Waals surface area contributed by atoms with Gasteiger partial charge in [-0.2, -0.15) is 0 Å². The lowest BCUT2D eigenvalue weighted by atomic mass is 9.97. The van der Waals surface area contributed by atoms with Crippen molar-refractivity contribution >= 4 is 0 Å². The molecule has 1 aromatic heterocycles. The van der Waals surface area contributed by atoms with Gasteiger partial charge in [-0.15, -0.1) is 10.2 Å². The fourth-order valence-corrected chi connectivity index (χ4v) is 3.28. The summed E-state index contributed by atoms with van der Waals surface area (Å²) in [5.74, 6) is 1.04. The van der Waals surface area contributed by atoms with Crippen molar-refractivity contribution in [3.05, 3.63) is 12.2 Å². The molecule has 0 atom stereocenters. The van der Waals surface area contributed by atoms with Crippen LogP contribution in [0.1, 0.15) is 63.2 Å². The van der Waals surface area contributed by atoms with Gasteiger partial charge in [-0.05, 0) is 25.7 Å². The van der Waals surface area contributed by atoms with E-state index in [2.05, 4.69) is 14.8 Å². The van der Waals surface area contributed by atoms with Gasteiger partial charge < -0.3 is 10.3 Å². The van der Waals surface area contributed by atoms with E-state index in [0.717, 1.165) is 18.7 Å². The Labute approximate surface area is 96.2 Å². The molecule has 88 valence electrons. The van der Waals surface area contributed by atoms with Gasteiger partial charge in [0.25, 0.3) is 0 Å². The quantitative estimate of drug-likeness (QED) is 0.830. The molecule has 1 aromatic rings. The van der Waals surface area contributed by atoms with Gasteiger partial charge in [0.1, 0.15) is 6.33 Å². The van der Waals surface area contributed by atoms with Gasteiger partial charge in [-0.1, -0.05) is 25.7 Å². The zero-order valence-corrected chi connectivity index (χ0v) is 9.73. The predicted octanol–water partition coefficient (Wildman–Crippen LogP) is 2.12. The van der Waals surface area contributed by atoms with E-state index in [9.17, 15) is 0 Å².